The first-order valence-electron chi connectivity index (χ1n) is 6.68. The van der Waals surface area contributed by atoms with Crippen LogP contribution in [-0.4, -0.2) is 24.8 Å². The Morgan fingerprint density at radius 3 is 2.71 bits per heavy atom. The van der Waals surface area contributed by atoms with Gasteiger partial charge >= 0.3 is 0 Å². The highest BCUT2D eigenvalue weighted by Crippen LogP contribution is 2.18. The van der Waals surface area contributed by atoms with Crippen LogP contribution in [0.2, 0.25) is 0 Å². The predicted octanol–water partition coefficient (Wildman–Crippen LogP) is 2.69. The van der Waals surface area contributed by atoms with Crippen LogP contribution in [0.4, 0.5) is 0 Å². The molecule has 5 heteroatoms. The van der Waals surface area contributed by atoms with E-state index in [1.54, 1.807) is 35.6 Å². The molecule has 110 valence electrons. The van der Waals surface area contributed by atoms with Crippen molar-refractivity contribution in [3.05, 3.63) is 52.2 Å². The Labute approximate surface area is 127 Å². The summed E-state index contributed by atoms with van der Waals surface area (Å²) in [7, 11) is 0. The molecule has 1 amide bonds. The van der Waals surface area contributed by atoms with E-state index in [1.165, 1.54) is 11.8 Å². The Morgan fingerprint density at radius 2 is 2.00 bits per heavy atom. The Balaban J connectivity index is 1.77. The number of rotatable bonds is 7. The maximum absolute atomic E-state index is 11.7. The number of thiophene rings is 1. The number of Topliss-reactive ketones (excluding diaryl/α,β-unsaturated/α-hetero) is 1. The molecule has 1 N–H and O–H groups in total. The van der Waals surface area contributed by atoms with Crippen LogP contribution in [0.25, 0.3) is 0 Å². The molecule has 0 radical (unpaired) electrons. The fraction of sp³-hybridized carbons (Fsp3) is 0.250. The first-order valence-corrected chi connectivity index (χ1v) is 7.56. The quantitative estimate of drug-likeness (QED) is 0.800. The molecule has 1 aromatic heterocycles. The van der Waals surface area contributed by atoms with E-state index >= 15 is 0 Å². The summed E-state index contributed by atoms with van der Waals surface area (Å²) in [5.41, 5.74) is 0.490. The number of ketones is 1. The molecule has 0 atom stereocenters. The van der Waals surface area contributed by atoms with Gasteiger partial charge in [-0.15, -0.1) is 11.3 Å². The number of nitrogens with one attached hydrogen (secondary N) is 1. The van der Waals surface area contributed by atoms with Crippen molar-refractivity contribution in [2.45, 2.75) is 13.3 Å². The van der Waals surface area contributed by atoms with Gasteiger partial charge in [-0.3, -0.25) is 9.59 Å². The summed E-state index contributed by atoms with van der Waals surface area (Å²) in [6, 6.07) is 10.9. The van der Waals surface area contributed by atoms with Gasteiger partial charge in [0, 0.05) is 11.4 Å². The first kappa shape index (κ1) is 15.3. The van der Waals surface area contributed by atoms with Gasteiger partial charge in [-0.25, -0.2) is 0 Å². The number of benzene rings is 1. The molecule has 0 aliphatic heterocycles. The highest BCUT2D eigenvalue weighted by Gasteiger charge is 2.09. The lowest BCUT2D eigenvalue weighted by molar-refractivity contribution is -0.123. The Kier molecular flexibility index (Phi) is 5.51. The summed E-state index contributed by atoms with van der Waals surface area (Å²) in [6.45, 7) is 1.97. The number of carbonyl (C=O) groups is 2. The third-order valence-electron chi connectivity index (χ3n) is 2.90. The average molecular weight is 303 g/mol. The normalized spacial score (nSPS) is 10.1. The maximum Gasteiger partial charge on any atom is 0.257 e. The molecule has 1 aromatic carbocycles. The van der Waals surface area contributed by atoms with Crippen molar-refractivity contribution >= 4 is 23.0 Å². The molecule has 0 bridgehead atoms. The summed E-state index contributed by atoms with van der Waals surface area (Å²) >= 11 is 1.67. The minimum atomic E-state index is -0.190. The Hall–Kier alpha value is -2.14. The SMILES string of the molecule is CC(=O)c1ccccc1OCC(=O)NCCc1cccs1. The Bertz CT molecular complexity index is 608. The van der Waals surface area contributed by atoms with Crippen molar-refractivity contribution in [3.63, 3.8) is 0 Å². The topological polar surface area (TPSA) is 55.4 Å². The largest absolute Gasteiger partial charge is 0.483 e. The van der Waals surface area contributed by atoms with Gasteiger partial charge in [0.2, 0.25) is 0 Å². The average Bonchev–Trinajstić information content (AvgIpc) is 2.98. The lowest BCUT2D eigenvalue weighted by atomic mass is 10.1. The van der Waals surface area contributed by atoms with Gasteiger partial charge in [-0.05, 0) is 36.9 Å². The van der Waals surface area contributed by atoms with Crippen LogP contribution in [0.1, 0.15) is 22.2 Å². The molecule has 0 saturated carbocycles. The predicted molar refractivity (Wildman–Crippen MR) is 83.0 cm³/mol. The second-order valence-corrected chi connectivity index (χ2v) is 5.55. The van der Waals surface area contributed by atoms with Crippen molar-refractivity contribution in [2.75, 3.05) is 13.2 Å². The second-order valence-electron chi connectivity index (χ2n) is 4.52. The van der Waals surface area contributed by atoms with Crippen molar-refractivity contribution in [2.24, 2.45) is 0 Å². The minimum Gasteiger partial charge on any atom is -0.483 e. The molecular weight excluding hydrogens is 286 g/mol. The number of ether oxygens (including phenoxy) is 1. The molecule has 0 saturated heterocycles. The van der Waals surface area contributed by atoms with Gasteiger partial charge in [0.25, 0.3) is 5.91 Å². The first-order chi connectivity index (χ1) is 10.2. The van der Waals surface area contributed by atoms with E-state index < -0.39 is 0 Å². The lowest BCUT2D eigenvalue weighted by Gasteiger charge is -2.09. The summed E-state index contributed by atoms with van der Waals surface area (Å²) in [6.07, 6.45) is 0.813. The van der Waals surface area contributed by atoms with Crippen LogP contribution in [0.15, 0.2) is 41.8 Å². The van der Waals surface area contributed by atoms with E-state index in [2.05, 4.69) is 5.32 Å². The second kappa shape index (κ2) is 7.59. The molecule has 2 rings (SSSR count). The summed E-state index contributed by atoms with van der Waals surface area (Å²) in [5.74, 6) is 0.173. The lowest BCUT2D eigenvalue weighted by Crippen LogP contribution is -2.30. The van der Waals surface area contributed by atoms with E-state index in [9.17, 15) is 9.59 Å². The number of amides is 1. The molecule has 0 spiro atoms. The maximum atomic E-state index is 11.7. The summed E-state index contributed by atoms with van der Waals surface area (Å²) in [5, 5.41) is 4.81. The van der Waals surface area contributed by atoms with Crippen molar-refractivity contribution in [3.8, 4) is 5.75 Å². The number of para-hydroxylation sites is 1. The van der Waals surface area contributed by atoms with E-state index in [-0.39, 0.29) is 18.3 Å². The van der Waals surface area contributed by atoms with Crippen LogP contribution in [-0.2, 0) is 11.2 Å². The van der Waals surface area contributed by atoms with E-state index in [4.69, 9.17) is 4.74 Å². The number of hydrogen-bond acceptors (Lipinski definition) is 4. The van der Waals surface area contributed by atoms with Gasteiger partial charge in [-0.1, -0.05) is 18.2 Å². The fourth-order valence-electron chi connectivity index (χ4n) is 1.86. The van der Waals surface area contributed by atoms with E-state index in [1.807, 2.05) is 17.5 Å². The smallest absolute Gasteiger partial charge is 0.257 e. The summed E-state index contributed by atoms with van der Waals surface area (Å²) in [4.78, 5) is 24.4. The van der Waals surface area contributed by atoms with Crippen LogP contribution in [0, 0.1) is 0 Å². The third-order valence-corrected chi connectivity index (χ3v) is 3.83. The molecule has 2 aromatic rings. The summed E-state index contributed by atoms with van der Waals surface area (Å²) < 4.78 is 5.42. The zero-order valence-corrected chi connectivity index (χ0v) is 12.6. The van der Waals surface area contributed by atoms with Crippen molar-refractivity contribution < 1.29 is 14.3 Å². The van der Waals surface area contributed by atoms with Gasteiger partial charge < -0.3 is 10.1 Å². The van der Waals surface area contributed by atoms with Gasteiger partial charge in [0.1, 0.15) is 5.75 Å². The molecular formula is C16H17NO3S. The van der Waals surface area contributed by atoms with E-state index in [0.29, 0.717) is 17.9 Å². The zero-order chi connectivity index (χ0) is 15.1. The third kappa shape index (κ3) is 4.72. The highest BCUT2D eigenvalue weighted by atomic mass is 32.1. The van der Waals surface area contributed by atoms with Crippen molar-refractivity contribution in [1.29, 1.82) is 0 Å². The molecule has 1 heterocycles. The minimum absolute atomic E-state index is 0.0799. The monoisotopic (exact) mass is 303 g/mol. The number of hydrogen-bond donors (Lipinski definition) is 1. The zero-order valence-electron chi connectivity index (χ0n) is 11.8. The Morgan fingerprint density at radius 1 is 1.19 bits per heavy atom. The standard InChI is InChI=1S/C16H17NO3S/c1-12(18)14-6-2-3-7-15(14)20-11-16(19)17-9-8-13-5-4-10-21-13/h2-7,10H,8-9,11H2,1H3,(H,17,19). The molecule has 0 aliphatic carbocycles. The van der Waals surface area contributed by atoms with Crippen LogP contribution in [0.3, 0.4) is 0 Å². The van der Waals surface area contributed by atoms with Gasteiger partial charge in [-0.2, -0.15) is 0 Å². The molecule has 21 heavy (non-hydrogen) atoms. The fourth-order valence-corrected chi connectivity index (χ4v) is 2.57. The van der Waals surface area contributed by atoms with Gasteiger partial charge in [0.15, 0.2) is 12.4 Å². The molecule has 0 fully saturated rings. The van der Waals surface area contributed by atoms with E-state index in [0.717, 1.165) is 6.42 Å². The molecule has 4 nitrogen and oxygen atoms in total. The molecule has 0 aliphatic rings. The molecule has 0 unspecified atom stereocenters. The van der Waals surface area contributed by atoms with Gasteiger partial charge in [0.05, 0.1) is 5.56 Å². The van der Waals surface area contributed by atoms with Crippen LogP contribution in [0.5, 0.6) is 5.75 Å². The van der Waals surface area contributed by atoms with Crippen LogP contribution < -0.4 is 10.1 Å². The number of carbonyl (C=O) groups excluding carboxylic acids is 2. The van der Waals surface area contributed by atoms with Crippen molar-refractivity contribution in [1.82, 2.24) is 5.32 Å². The highest BCUT2D eigenvalue weighted by molar-refractivity contribution is 7.09. The van der Waals surface area contributed by atoms with Crippen LogP contribution >= 0.6 is 11.3 Å².